The second-order valence-electron chi connectivity index (χ2n) is 8.46. The van der Waals surface area contributed by atoms with Gasteiger partial charge in [-0.25, -0.2) is 0 Å². The molecule has 1 aromatic heterocycles. The molecule has 134 valence electrons. The van der Waals surface area contributed by atoms with Gasteiger partial charge in [0.1, 0.15) is 6.29 Å². The molecule has 0 radical (unpaired) electrons. The maximum Gasteiger partial charge on any atom is 0.252 e. The number of aldehydes is 1. The Labute approximate surface area is 153 Å². The van der Waals surface area contributed by atoms with E-state index in [0.717, 1.165) is 36.3 Å². The highest BCUT2D eigenvalue weighted by molar-refractivity contribution is 6.33. The summed E-state index contributed by atoms with van der Waals surface area (Å²) in [6, 6.07) is 1.72. The van der Waals surface area contributed by atoms with Crippen LogP contribution in [0.4, 0.5) is 0 Å². The SMILES string of the molecule is O=CCCc1cc(C(=O)NCC23CC4CC(CC(C4)C2)C3)c(Cl)cn1. The van der Waals surface area contributed by atoms with Crippen LogP contribution in [-0.4, -0.2) is 23.7 Å². The molecule has 0 saturated heterocycles. The van der Waals surface area contributed by atoms with Crippen LogP contribution in [0.5, 0.6) is 0 Å². The molecule has 0 aliphatic heterocycles. The molecule has 0 atom stereocenters. The van der Waals surface area contributed by atoms with Crippen LogP contribution in [-0.2, 0) is 11.2 Å². The number of aryl methyl sites for hydroxylation is 1. The van der Waals surface area contributed by atoms with Gasteiger partial charge in [-0.2, -0.15) is 0 Å². The van der Waals surface area contributed by atoms with E-state index in [-0.39, 0.29) is 5.91 Å². The van der Waals surface area contributed by atoms with E-state index in [2.05, 4.69) is 10.3 Å². The Morgan fingerprint density at radius 3 is 2.48 bits per heavy atom. The van der Waals surface area contributed by atoms with E-state index in [9.17, 15) is 9.59 Å². The van der Waals surface area contributed by atoms with Gasteiger partial charge in [0.2, 0.25) is 0 Å². The first kappa shape index (κ1) is 17.0. The molecular weight excluding hydrogens is 336 g/mol. The number of nitrogens with one attached hydrogen (secondary N) is 1. The largest absolute Gasteiger partial charge is 0.351 e. The summed E-state index contributed by atoms with van der Waals surface area (Å²) in [5.74, 6) is 2.52. The normalized spacial score (nSPS) is 32.6. The van der Waals surface area contributed by atoms with E-state index >= 15 is 0 Å². The van der Waals surface area contributed by atoms with Crippen LogP contribution in [0.2, 0.25) is 5.02 Å². The van der Waals surface area contributed by atoms with Crippen molar-refractivity contribution >= 4 is 23.8 Å². The zero-order valence-electron chi connectivity index (χ0n) is 14.5. The van der Waals surface area contributed by atoms with Crippen molar-refractivity contribution in [3.63, 3.8) is 0 Å². The van der Waals surface area contributed by atoms with Gasteiger partial charge in [0.05, 0.1) is 10.6 Å². The molecule has 4 bridgehead atoms. The second-order valence-corrected chi connectivity index (χ2v) is 8.87. The number of carbonyl (C=O) groups is 2. The number of hydrogen-bond acceptors (Lipinski definition) is 3. The Morgan fingerprint density at radius 1 is 1.24 bits per heavy atom. The fraction of sp³-hybridized carbons (Fsp3) is 0.650. The van der Waals surface area contributed by atoms with Crippen molar-refractivity contribution in [2.75, 3.05) is 6.54 Å². The standard InChI is InChI=1S/C20H25ClN2O2/c21-18-11-22-16(2-1-3-24)7-17(18)19(25)23-12-20-8-13-4-14(9-20)6-15(5-13)10-20/h3,7,11,13-15H,1-2,4-6,8-10,12H2,(H,23,25). The number of hydrogen-bond donors (Lipinski definition) is 1. The second kappa shape index (κ2) is 6.71. The van der Waals surface area contributed by atoms with Crippen LogP contribution < -0.4 is 5.32 Å². The predicted molar refractivity (Wildman–Crippen MR) is 96.6 cm³/mol. The molecule has 1 heterocycles. The van der Waals surface area contributed by atoms with E-state index in [4.69, 9.17) is 11.6 Å². The molecule has 4 saturated carbocycles. The Hall–Kier alpha value is -1.42. The first-order valence-electron chi connectivity index (χ1n) is 9.43. The number of rotatable bonds is 6. The molecule has 4 aliphatic rings. The lowest BCUT2D eigenvalue weighted by atomic mass is 9.49. The number of aromatic nitrogens is 1. The zero-order valence-corrected chi connectivity index (χ0v) is 15.2. The maximum atomic E-state index is 12.7. The third-order valence-electron chi connectivity index (χ3n) is 6.46. The van der Waals surface area contributed by atoms with Crippen LogP contribution in [0.25, 0.3) is 0 Å². The smallest absolute Gasteiger partial charge is 0.252 e. The minimum Gasteiger partial charge on any atom is -0.351 e. The van der Waals surface area contributed by atoms with Gasteiger partial charge in [-0.1, -0.05) is 11.6 Å². The van der Waals surface area contributed by atoms with Gasteiger partial charge >= 0.3 is 0 Å². The maximum absolute atomic E-state index is 12.7. The number of nitrogens with zero attached hydrogens (tertiary/aromatic N) is 1. The third kappa shape index (κ3) is 3.46. The van der Waals surface area contributed by atoms with E-state index in [1.807, 2.05) is 0 Å². The van der Waals surface area contributed by atoms with Crippen LogP contribution in [0.15, 0.2) is 12.3 Å². The average molecular weight is 361 g/mol. The molecule has 1 amide bonds. The minimum atomic E-state index is -0.115. The Morgan fingerprint density at radius 2 is 1.88 bits per heavy atom. The van der Waals surface area contributed by atoms with Crippen LogP contribution in [0, 0.1) is 23.2 Å². The van der Waals surface area contributed by atoms with Crippen molar-refractivity contribution in [3.8, 4) is 0 Å². The molecule has 5 rings (SSSR count). The Balaban J connectivity index is 1.43. The summed E-state index contributed by atoms with van der Waals surface area (Å²) in [6.07, 6.45) is 11.4. The first-order valence-corrected chi connectivity index (χ1v) is 9.81. The van der Waals surface area contributed by atoms with Gasteiger partial charge in [0.15, 0.2) is 0 Å². The third-order valence-corrected chi connectivity index (χ3v) is 6.77. The van der Waals surface area contributed by atoms with Crippen LogP contribution >= 0.6 is 11.6 Å². The minimum absolute atomic E-state index is 0.115. The molecule has 0 unspecified atom stereocenters. The highest BCUT2D eigenvalue weighted by Gasteiger charge is 2.50. The number of carbonyl (C=O) groups excluding carboxylic acids is 2. The van der Waals surface area contributed by atoms with E-state index < -0.39 is 0 Å². The summed E-state index contributed by atoms with van der Waals surface area (Å²) in [4.78, 5) is 27.4. The lowest BCUT2D eigenvalue weighted by Gasteiger charge is -2.56. The zero-order chi connectivity index (χ0) is 17.4. The molecule has 25 heavy (non-hydrogen) atoms. The number of pyridine rings is 1. The molecule has 4 nitrogen and oxygen atoms in total. The number of amides is 1. The summed E-state index contributed by atoms with van der Waals surface area (Å²) in [5, 5.41) is 3.53. The van der Waals surface area contributed by atoms with Crippen LogP contribution in [0.3, 0.4) is 0 Å². The summed E-state index contributed by atoms with van der Waals surface area (Å²) in [6.45, 7) is 0.762. The fourth-order valence-corrected chi connectivity index (χ4v) is 6.06. The van der Waals surface area contributed by atoms with Gasteiger partial charge in [0, 0.05) is 24.9 Å². The molecule has 0 aromatic carbocycles. The van der Waals surface area contributed by atoms with Gasteiger partial charge in [0.25, 0.3) is 5.91 Å². The van der Waals surface area contributed by atoms with Crippen molar-refractivity contribution in [1.82, 2.24) is 10.3 Å². The van der Waals surface area contributed by atoms with Crippen molar-refractivity contribution in [1.29, 1.82) is 0 Å². The molecule has 1 aromatic rings. The van der Waals surface area contributed by atoms with E-state index in [1.165, 1.54) is 44.7 Å². The van der Waals surface area contributed by atoms with Crippen LogP contribution in [0.1, 0.15) is 61.0 Å². The summed E-state index contributed by atoms with van der Waals surface area (Å²) in [5.41, 5.74) is 1.52. The molecule has 4 fully saturated rings. The molecule has 1 N–H and O–H groups in total. The predicted octanol–water partition coefficient (Wildman–Crippen LogP) is 3.81. The van der Waals surface area contributed by atoms with Crippen molar-refractivity contribution in [2.24, 2.45) is 23.2 Å². The van der Waals surface area contributed by atoms with Crippen molar-refractivity contribution in [3.05, 3.63) is 28.5 Å². The van der Waals surface area contributed by atoms with Crippen molar-refractivity contribution in [2.45, 2.75) is 51.4 Å². The molecule has 5 heteroatoms. The summed E-state index contributed by atoms with van der Waals surface area (Å²) < 4.78 is 0. The summed E-state index contributed by atoms with van der Waals surface area (Å²) >= 11 is 6.19. The molecule has 4 aliphatic carbocycles. The lowest BCUT2D eigenvalue weighted by Crippen LogP contribution is -2.51. The van der Waals surface area contributed by atoms with Gasteiger partial charge in [-0.3, -0.25) is 9.78 Å². The average Bonchev–Trinajstić information content (AvgIpc) is 2.58. The Bertz CT molecular complexity index is 653. The van der Waals surface area contributed by atoms with E-state index in [1.54, 1.807) is 6.07 Å². The topological polar surface area (TPSA) is 59.1 Å². The lowest BCUT2D eigenvalue weighted by molar-refractivity contribution is -0.107. The van der Waals surface area contributed by atoms with E-state index in [0.29, 0.717) is 28.8 Å². The van der Waals surface area contributed by atoms with Gasteiger partial charge < -0.3 is 10.1 Å². The fourth-order valence-electron chi connectivity index (χ4n) is 5.87. The van der Waals surface area contributed by atoms with Gasteiger partial charge in [-0.05, 0) is 74.2 Å². The first-order chi connectivity index (χ1) is 12.1. The monoisotopic (exact) mass is 360 g/mol. The Kier molecular flexibility index (Phi) is 4.57. The van der Waals surface area contributed by atoms with Gasteiger partial charge in [-0.15, -0.1) is 0 Å². The van der Waals surface area contributed by atoms with Crippen molar-refractivity contribution < 1.29 is 9.59 Å². The highest BCUT2D eigenvalue weighted by atomic mass is 35.5. The summed E-state index contributed by atoms with van der Waals surface area (Å²) in [7, 11) is 0. The molecular formula is C20H25ClN2O2. The number of halogens is 1. The quantitative estimate of drug-likeness (QED) is 0.785. The highest BCUT2D eigenvalue weighted by Crippen LogP contribution is 2.59. The molecule has 0 spiro atoms.